The summed E-state index contributed by atoms with van der Waals surface area (Å²) in [6, 6.07) is 4.93. The maximum absolute atomic E-state index is 11.9. The lowest BCUT2D eigenvalue weighted by atomic mass is 9.97. The van der Waals surface area contributed by atoms with Crippen LogP contribution in [0.2, 0.25) is 0 Å². The maximum Gasteiger partial charge on any atom is 0.319 e. The summed E-state index contributed by atoms with van der Waals surface area (Å²) in [7, 11) is 0. The number of rotatable bonds is 3. The average molecular weight is 329 g/mol. The molecular weight excluding hydrogens is 310 g/mol. The Kier molecular flexibility index (Phi) is 3.84. The fourth-order valence-electron chi connectivity index (χ4n) is 2.05. The number of amides is 2. The molecule has 0 spiro atoms. The third kappa shape index (κ3) is 3.45. The highest BCUT2D eigenvalue weighted by atomic mass is 16.3. The zero-order valence-corrected chi connectivity index (χ0v) is 13.7. The Bertz CT molecular complexity index is 875. The van der Waals surface area contributed by atoms with Crippen LogP contribution in [0.1, 0.15) is 32.5 Å². The van der Waals surface area contributed by atoms with Crippen molar-refractivity contribution in [2.24, 2.45) is 0 Å². The van der Waals surface area contributed by atoms with E-state index in [-0.39, 0.29) is 23.9 Å². The summed E-state index contributed by atoms with van der Waals surface area (Å²) in [6.07, 6.45) is 0. The number of nitrogens with one attached hydrogen (secondary N) is 3. The van der Waals surface area contributed by atoms with Crippen molar-refractivity contribution in [3.63, 3.8) is 0 Å². The lowest BCUT2D eigenvalue weighted by Gasteiger charge is -2.11. The number of carbonyl (C=O) groups is 1. The minimum Gasteiger partial charge on any atom is -0.440 e. The van der Waals surface area contributed by atoms with Gasteiger partial charge in [0.25, 0.3) is 0 Å². The minimum absolute atomic E-state index is 0.137. The number of fused-ring (bicyclic) bond motifs is 1. The van der Waals surface area contributed by atoms with Crippen LogP contribution < -0.4 is 16.4 Å². The second kappa shape index (κ2) is 5.84. The van der Waals surface area contributed by atoms with Crippen LogP contribution in [-0.2, 0) is 12.0 Å². The number of carbonyl (C=O) groups excluding carboxylic acids is 1. The molecule has 0 aliphatic carbocycles. The van der Waals surface area contributed by atoms with E-state index in [0.29, 0.717) is 28.5 Å². The van der Waals surface area contributed by atoms with Crippen LogP contribution in [0.4, 0.5) is 16.4 Å². The van der Waals surface area contributed by atoms with Crippen molar-refractivity contribution in [1.82, 2.24) is 25.5 Å². The lowest BCUT2D eigenvalue weighted by Crippen LogP contribution is -2.28. The van der Waals surface area contributed by atoms with Gasteiger partial charge in [0.15, 0.2) is 5.58 Å². The summed E-state index contributed by atoms with van der Waals surface area (Å²) in [5.41, 5.74) is 7.21. The highest BCUT2D eigenvalue weighted by Crippen LogP contribution is 2.27. The number of oxazole rings is 1. The molecule has 0 radical (unpaired) electrons. The van der Waals surface area contributed by atoms with Gasteiger partial charge in [-0.15, -0.1) is 5.10 Å². The number of hydrogen-bond acceptors (Lipinski definition) is 6. The molecule has 3 rings (SSSR count). The van der Waals surface area contributed by atoms with Crippen LogP contribution in [-0.4, -0.2) is 26.2 Å². The molecule has 0 atom stereocenters. The van der Waals surface area contributed by atoms with Crippen molar-refractivity contribution < 1.29 is 9.21 Å². The largest absolute Gasteiger partial charge is 0.440 e. The number of nitrogen functional groups attached to an aromatic ring is 1. The number of hydrogen-bond donors (Lipinski definition) is 4. The number of nitrogens with zero attached hydrogens (tertiary/aromatic N) is 3. The smallest absolute Gasteiger partial charge is 0.319 e. The molecule has 126 valence electrons. The van der Waals surface area contributed by atoms with Gasteiger partial charge in [-0.05, 0) is 18.2 Å². The molecule has 0 saturated heterocycles. The molecule has 0 fully saturated rings. The molecule has 0 aliphatic heterocycles. The first-order valence-corrected chi connectivity index (χ1v) is 7.44. The zero-order valence-electron chi connectivity index (χ0n) is 13.7. The van der Waals surface area contributed by atoms with E-state index < -0.39 is 0 Å². The summed E-state index contributed by atoms with van der Waals surface area (Å²) in [4.78, 5) is 20.3. The van der Waals surface area contributed by atoms with E-state index in [1.165, 1.54) is 0 Å². The fourth-order valence-corrected chi connectivity index (χ4v) is 2.05. The molecule has 3 aromatic rings. The molecule has 0 bridgehead atoms. The van der Waals surface area contributed by atoms with Gasteiger partial charge in [0.1, 0.15) is 11.3 Å². The highest BCUT2D eigenvalue weighted by molar-refractivity contribution is 5.91. The van der Waals surface area contributed by atoms with E-state index in [4.69, 9.17) is 10.2 Å². The molecule has 2 amide bonds. The van der Waals surface area contributed by atoms with Gasteiger partial charge in [-0.25, -0.2) is 9.78 Å². The highest BCUT2D eigenvalue weighted by Gasteiger charge is 2.21. The summed E-state index contributed by atoms with van der Waals surface area (Å²) < 4.78 is 5.73. The summed E-state index contributed by atoms with van der Waals surface area (Å²) in [5, 5.41) is 11.7. The molecule has 2 aromatic heterocycles. The maximum atomic E-state index is 11.9. The molecule has 0 aliphatic rings. The Labute approximate surface area is 138 Å². The van der Waals surface area contributed by atoms with E-state index in [0.717, 1.165) is 0 Å². The molecule has 0 saturated carbocycles. The topological polar surface area (TPSA) is 135 Å². The van der Waals surface area contributed by atoms with Gasteiger partial charge in [-0.1, -0.05) is 20.8 Å². The SMILES string of the molecule is CC(C)(C)c1nc2cc(NC(=O)NCc3nc(N)n[nH]3)ccc2o1. The van der Waals surface area contributed by atoms with Crippen LogP contribution in [0.15, 0.2) is 22.6 Å². The number of urea groups is 1. The third-order valence-electron chi connectivity index (χ3n) is 3.25. The van der Waals surface area contributed by atoms with Crippen LogP contribution in [0.5, 0.6) is 0 Å². The van der Waals surface area contributed by atoms with Gasteiger partial charge in [-0.2, -0.15) is 4.98 Å². The fraction of sp³-hybridized carbons (Fsp3) is 0.333. The second-order valence-electron chi connectivity index (χ2n) is 6.40. The molecular formula is C15H19N7O2. The van der Waals surface area contributed by atoms with Crippen molar-refractivity contribution in [1.29, 1.82) is 0 Å². The molecule has 5 N–H and O–H groups in total. The van der Waals surface area contributed by atoms with E-state index >= 15 is 0 Å². The van der Waals surface area contributed by atoms with Crippen LogP contribution >= 0.6 is 0 Å². The predicted octanol–water partition coefficient (Wildman–Crippen LogP) is 2.15. The van der Waals surface area contributed by atoms with E-state index in [2.05, 4.69) is 30.8 Å². The number of anilines is 2. The Hall–Kier alpha value is -3.10. The number of H-pyrrole nitrogens is 1. The molecule has 2 heterocycles. The molecule has 9 heteroatoms. The van der Waals surface area contributed by atoms with Crippen LogP contribution in [0, 0.1) is 0 Å². The van der Waals surface area contributed by atoms with Crippen molar-refractivity contribution in [2.75, 3.05) is 11.1 Å². The van der Waals surface area contributed by atoms with E-state index in [9.17, 15) is 4.79 Å². The number of benzene rings is 1. The number of aromatic nitrogens is 4. The Morgan fingerprint density at radius 3 is 2.79 bits per heavy atom. The van der Waals surface area contributed by atoms with Crippen LogP contribution in [0.25, 0.3) is 11.1 Å². The van der Waals surface area contributed by atoms with Crippen molar-refractivity contribution >= 4 is 28.8 Å². The standard InChI is InChI=1S/C15H19N7O2/c1-15(2,3)12-19-9-6-8(4-5-10(9)24-12)18-14(23)17-7-11-20-13(16)22-21-11/h4-6H,7H2,1-3H3,(H2,17,18,23)(H3,16,20,21,22). The van der Waals surface area contributed by atoms with E-state index in [1.807, 2.05) is 20.8 Å². The first-order valence-electron chi connectivity index (χ1n) is 7.44. The van der Waals surface area contributed by atoms with Crippen molar-refractivity contribution in [3.8, 4) is 0 Å². The Morgan fingerprint density at radius 1 is 1.33 bits per heavy atom. The van der Waals surface area contributed by atoms with Gasteiger partial charge in [0.05, 0.1) is 6.54 Å². The first-order chi connectivity index (χ1) is 11.3. The minimum atomic E-state index is -0.371. The van der Waals surface area contributed by atoms with Crippen molar-refractivity contribution in [3.05, 3.63) is 29.9 Å². The number of nitrogens with two attached hydrogens (primary N) is 1. The first kappa shape index (κ1) is 15.8. The number of aromatic amines is 1. The lowest BCUT2D eigenvalue weighted by molar-refractivity contribution is 0.251. The summed E-state index contributed by atoms with van der Waals surface area (Å²) in [6.45, 7) is 6.28. The molecule has 0 unspecified atom stereocenters. The monoisotopic (exact) mass is 329 g/mol. The molecule has 1 aromatic carbocycles. The Balaban J connectivity index is 1.67. The van der Waals surface area contributed by atoms with Gasteiger partial charge in [-0.3, -0.25) is 5.10 Å². The predicted molar refractivity (Wildman–Crippen MR) is 89.4 cm³/mol. The van der Waals surface area contributed by atoms with Crippen LogP contribution in [0.3, 0.4) is 0 Å². The zero-order chi connectivity index (χ0) is 17.3. The van der Waals surface area contributed by atoms with Gasteiger partial charge >= 0.3 is 6.03 Å². The molecule has 24 heavy (non-hydrogen) atoms. The second-order valence-corrected chi connectivity index (χ2v) is 6.40. The van der Waals surface area contributed by atoms with Crippen molar-refractivity contribution in [2.45, 2.75) is 32.7 Å². The average Bonchev–Trinajstić information content (AvgIpc) is 3.10. The molecule has 9 nitrogen and oxygen atoms in total. The third-order valence-corrected chi connectivity index (χ3v) is 3.25. The van der Waals surface area contributed by atoms with Gasteiger partial charge in [0, 0.05) is 11.1 Å². The normalized spacial score (nSPS) is 11.6. The Morgan fingerprint density at radius 2 is 2.12 bits per heavy atom. The quantitative estimate of drug-likeness (QED) is 0.581. The van der Waals surface area contributed by atoms with Gasteiger partial charge in [0.2, 0.25) is 11.8 Å². The summed E-state index contributed by atoms with van der Waals surface area (Å²) in [5.74, 6) is 1.27. The summed E-state index contributed by atoms with van der Waals surface area (Å²) >= 11 is 0. The van der Waals surface area contributed by atoms with E-state index in [1.54, 1.807) is 18.2 Å². The van der Waals surface area contributed by atoms with Gasteiger partial charge < -0.3 is 20.8 Å².